The summed E-state index contributed by atoms with van der Waals surface area (Å²) in [6.45, 7) is 7.80. The molecule has 0 aromatic heterocycles. The first-order chi connectivity index (χ1) is 15.3. The van der Waals surface area contributed by atoms with Gasteiger partial charge in [0.15, 0.2) is 5.96 Å². The lowest BCUT2D eigenvalue weighted by Gasteiger charge is -2.14. The molecule has 1 atom stereocenters. The standard InChI is InChI=1S/C25H35N3O3.HI/c1-2-26-25(27-14-8-15-31-24-13-16-29-20-24)28-17-22-11-6-7-12-23(22)19-30-18-21-9-4-3-5-10-21;/h3-7,9-12,24H,2,8,13-20H2,1H3,(H2,26,27,28);1H. The minimum absolute atomic E-state index is 0. The van der Waals surface area contributed by atoms with Gasteiger partial charge in [-0.25, -0.2) is 4.99 Å². The van der Waals surface area contributed by atoms with Crippen molar-refractivity contribution in [2.45, 2.75) is 45.6 Å². The minimum Gasteiger partial charge on any atom is -0.379 e. The Morgan fingerprint density at radius 1 is 1.03 bits per heavy atom. The lowest BCUT2D eigenvalue weighted by molar-refractivity contribution is 0.0420. The van der Waals surface area contributed by atoms with Crippen molar-refractivity contribution in [1.82, 2.24) is 10.6 Å². The van der Waals surface area contributed by atoms with Crippen LogP contribution in [0.15, 0.2) is 59.6 Å². The van der Waals surface area contributed by atoms with Crippen LogP contribution in [0.4, 0.5) is 0 Å². The molecule has 7 heteroatoms. The van der Waals surface area contributed by atoms with Gasteiger partial charge in [0.2, 0.25) is 0 Å². The highest BCUT2D eigenvalue weighted by Crippen LogP contribution is 2.13. The van der Waals surface area contributed by atoms with Crippen LogP contribution in [0.5, 0.6) is 0 Å². The van der Waals surface area contributed by atoms with E-state index < -0.39 is 0 Å². The zero-order valence-corrected chi connectivity index (χ0v) is 21.3. The van der Waals surface area contributed by atoms with Crippen LogP contribution in [0.1, 0.15) is 36.5 Å². The van der Waals surface area contributed by atoms with Gasteiger partial charge in [0, 0.05) is 26.3 Å². The molecule has 1 fully saturated rings. The summed E-state index contributed by atoms with van der Waals surface area (Å²) in [4.78, 5) is 4.76. The largest absolute Gasteiger partial charge is 0.379 e. The number of nitrogens with one attached hydrogen (secondary N) is 2. The predicted molar refractivity (Wildman–Crippen MR) is 139 cm³/mol. The van der Waals surface area contributed by atoms with Crippen molar-refractivity contribution in [2.24, 2.45) is 4.99 Å². The molecule has 0 aliphatic carbocycles. The number of benzene rings is 2. The topological polar surface area (TPSA) is 64.1 Å². The van der Waals surface area contributed by atoms with E-state index in [4.69, 9.17) is 19.2 Å². The second-order valence-electron chi connectivity index (χ2n) is 7.58. The number of hydrogen-bond donors (Lipinski definition) is 2. The van der Waals surface area contributed by atoms with Crippen LogP contribution >= 0.6 is 24.0 Å². The highest BCUT2D eigenvalue weighted by Gasteiger charge is 2.15. The molecule has 1 unspecified atom stereocenters. The summed E-state index contributed by atoms with van der Waals surface area (Å²) in [7, 11) is 0. The zero-order valence-electron chi connectivity index (χ0n) is 18.9. The molecule has 0 spiro atoms. The van der Waals surface area contributed by atoms with Gasteiger partial charge in [-0.2, -0.15) is 0 Å². The van der Waals surface area contributed by atoms with Crippen molar-refractivity contribution in [2.75, 3.05) is 32.9 Å². The average molecular weight is 553 g/mol. The van der Waals surface area contributed by atoms with E-state index in [1.54, 1.807) is 0 Å². The molecule has 1 saturated heterocycles. The molecule has 2 aromatic rings. The Morgan fingerprint density at radius 2 is 1.81 bits per heavy atom. The first-order valence-corrected chi connectivity index (χ1v) is 11.2. The van der Waals surface area contributed by atoms with E-state index in [-0.39, 0.29) is 30.1 Å². The van der Waals surface area contributed by atoms with Crippen LogP contribution < -0.4 is 10.6 Å². The van der Waals surface area contributed by atoms with Crippen LogP contribution in [-0.2, 0) is 34.0 Å². The molecule has 2 aromatic carbocycles. The van der Waals surface area contributed by atoms with E-state index in [1.807, 2.05) is 24.3 Å². The first kappa shape index (κ1) is 26.6. The summed E-state index contributed by atoms with van der Waals surface area (Å²) < 4.78 is 17.1. The molecule has 1 aliphatic heterocycles. The maximum absolute atomic E-state index is 5.93. The Bertz CT molecular complexity index is 783. The van der Waals surface area contributed by atoms with Crippen molar-refractivity contribution >= 4 is 29.9 Å². The van der Waals surface area contributed by atoms with Crippen LogP contribution in [0.2, 0.25) is 0 Å². The minimum atomic E-state index is 0. The van der Waals surface area contributed by atoms with E-state index in [1.165, 1.54) is 16.7 Å². The predicted octanol–water partition coefficient (Wildman–Crippen LogP) is 4.27. The molecule has 0 radical (unpaired) electrons. The zero-order chi connectivity index (χ0) is 21.6. The number of aliphatic imine (C=N–C) groups is 1. The van der Waals surface area contributed by atoms with Crippen molar-refractivity contribution < 1.29 is 14.2 Å². The monoisotopic (exact) mass is 553 g/mol. The van der Waals surface area contributed by atoms with Gasteiger partial charge in [0.25, 0.3) is 0 Å². The molecule has 6 nitrogen and oxygen atoms in total. The van der Waals surface area contributed by atoms with Gasteiger partial charge in [-0.15, -0.1) is 24.0 Å². The second kappa shape index (κ2) is 16.0. The number of ether oxygens (including phenoxy) is 3. The summed E-state index contributed by atoms with van der Waals surface area (Å²) >= 11 is 0. The molecule has 2 N–H and O–H groups in total. The van der Waals surface area contributed by atoms with Crippen LogP contribution in [0.25, 0.3) is 0 Å². The van der Waals surface area contributed by atoms with E-state index in [9.17, 15) is 0 Å². The Kier molecular flexibility index (Phi) is 13.3. The van der Waals surface area contributed by atoms with E-state index in [2.05, 4.69) is 47.9 Å². The first-order valence-electron chi connectivity index (χ1n) is 11.2. The number of rotatable bonds is 12. The summed E-state index contributed by atoms with van der Waals surface area (Å²) in [5.41, 5.74) is 3.53. The van der Waals surface area contributed by atoms with E-state index in [0.717, 1.165) is 51.7 Å². The fourth-order valence-corrected chi connectivity index (χ4v) is 3.38. The molecule has 3 rings (SSSR count). The van der Waals surface area contributed by atoms with Gasteiger partial charge in [-0.05, 0) is 36.5 Å². The number of halogens is 1. The Balaban J connectivity index is 0.00000363. The highest BCUT2D eigenvalue weighted by molar-refractivity contribution is 14.0. The smallest absolute Gasteiger partial charge is 0.191 e. The Hall–Kier alpha value is -1.68. The van der Waals surface area contributed by atoms with Crippen molar-refractivity contribution in [1.29, 1.82) is 0 Å². The fraction of sp³-hybridized carbons (Fsp3) is 0.480. The maximum atomic E-state index is 5.93. The lowest BCUT2D eigenvalue weighted by atomic mass is 10.1. The molecule has 176 valence electrons. The average Bonchev–Trinajstić information content (AvgIpc) is 3.32. The highest BCUT2D eigenvalue weighted by atomic mass is 127. The quantitative estimate of drug-likeness (QED) is 0.178. The summed E-state index contributed by atoms with van der Waals surface area (Å²) in [5, 5.41) is 6.71. The summed E-state index contributed by atoms with van der Waals surface area (Å²) in [6, 6.07) is 18.6. The van der Waals surface area contributed by atoms with Gasteiger partial charge < -0.3 is 24.8 Å². The van der Waals surface area contributed by atoms with Crippen LogP contribution in [-0.4, -0.2) is 45.0 Å². The molecule has 32 heavy (non-hydrogen) atoms. The van der Waals surface area contributed by atoms with Crippen molar-refractivity contribution in [3.05, 3.63) is 71.3 Å². The van der Waals surface area contributed by atoms with Gasteiger partial charge in [0.05, 0.1) is 32.5 Å². The molecule has 1 heterocycles. The normalized spacial score (nSPS) is 15.9. The van der Waals surface area contributed by atoms with Crippen LogP contribution in [0.3, 0.4) is 0 Å². The number of hydrogen-bond acceptors (Lipinski definition) is 4. The van der Waals surface area contributed by atoms with Gasteiger partial charge in [0.1, 0.15) is 0 Å². The summed E-state index contributed by atoms with van der Waals surface area (Å²) in [6.07, 6.45) is 2.21. The third-order valence-electron chi connectivity index (χ3n) is 5.09. The Morgan fingerprint density at radius 3 is 2.56 bits per heavy atom. The maximum Gasteiger partial charge on any atom is 0.191 e. The third kappa shape index (κ3) is 9.85. The summed E-state index contributed by atoms with van der Waals surface area (Å²) in [5.74, 6) is 0.826. The molecule has 0 bridgehead atoms. The third-order valence-corrected chi connectivity index (χ3v) is 5.09. The second-order valence-corrected chi connectivity index (χ2v) is 7.58. The number of nitrogens with zero attached hydrogens (tertiary/aromatic N) is 1. The van der Waals surface area contributed by atoms with E-state index in [0.29, 0.717) is 19.8 Å². The van der Waals surface area contributed by atoms with Crippen molar-refractivity contribution in [3.63, 3.8) is 0 Å². The SMILES string of the molecule is CCNC(=NCc1ccccc1COCc1ccccc1)NCCCOC1CCOC1.I. The van der Waals surface area contributed by atoms with Gasteiger partial charge in [-0.1, -0.05) is 54.6 Å². The van der Waals surface area contributed by atoms with Crippen LogP contribution in [0, 0.1) is 0 Å². The lowest BCUT2D eigenvalue weighted by Crippen LogP contribution is -2.38. The fourth-order valence-electron chi connectivity index (χ4n) is 3.38. The van der Waals surface area contributed by atoms with E-state index >= 15 is 0 Å². The molecular formula is C25H36IN3O3. The Labute approximate surface area is 209 Å². The molecular weight excluding hydrogens is 517 g/mol. The molecule has 0 amide bonds. The van der Waals surface area contributed by atoms with Crippen molar-refractivity contribution in [3.8, 4) is 0 Å². The van der Waals surface area contributed by atoms with Gasteiger partial charge in [-0.3, -0.25) is 0 Å². The van der Waals surface area contributed by atoms with Gasteiger partial charge >= 0.3 is 0 Å². The molecule has 1 aliphatic rings. The molecule has 0 saturated carbocycles. The number of guanidine groups is 1.